The number of anilines is 2. The van der Waals surface area contributed by atoms with Crippen molar-refractivity contribution in [1.82, 2.24) is 34.9 Å². The van der Waals surface area contributed by atoms with Crippen LogP contribution in [0.3, 0.4) is 0 Å². The topological polar surface area (TPSA) is 170 Å². The average Bonchev–Trinajstić information content (AvgIpc) is 3.29. The molecule has 11 nitrogen and oxygen atoms in total. The molecule has 0 bridgehead atoms. The maximum absolute atomic E-state index is 14.1. The van der Waals surface area contributed by atoms with E-state index in [1.54, 1.807) is 24.4 Å². The van der Waals surface area contributed by atoms with Crippen molar-refractivity contribution in [2.45, 2.75) is 13.0 Å². The molecule has 0 saturated carbocycles. The number of nitriles is 1. The minimum absolute atomic E-state index is 0.102. The third-order valence-electron chi connectivity index (χ3n) is 4.56. The van der Waals surface area contributed by atoms with Gasteiger partial charge in [-0.05, 0) is 25.1 Å². The van der Waals surface area contributed by atoms with Crippen molar-refractivity contribution >= 4 is 17.3 Å². The minimum atomic E-state index is -0.419. The molecule has 5 N–H and O–H groups in total. The Morgan fingerprint density at radius 1 is 1.25 bits per heavy atom. The summed E-state index contributed by atoms with van der Waals surface area (Å²) in [4.78, 5) is 16.4. The van der Waals surface area contributed by atoms with Crippen LogP contribution >= 0.6 is 0 Å². The Hall–Kier alpha value is -4.79. The standard InChI is InChI=1S/C20H16FN11/c1-11(14-9-32(31-30-14)15-5-3-2-4-13(15)21)28-19-16(18(24)26-10-27-19)17(23)20-25-7-6-12(8-22)29-20/h2-7,9-11,23H,1H3,(H3,24,26,27,28)/p+1. The summed E-state index contributed by atoms with van der Waals surface area (Å²) >= 11 is 0. The molecule has 0 radical (unpaired) electrons. The van der Waals surface area contributed by atoms with E-state index in [1.807, 2.05) is 13.0 Å². The van der Waals surface area contributed by atoms with E-state index in [4.69, 9.17) is 16.4 Å². The van der Waals surface area contributed by atoms with Crippen molar-refractivity contribution in [1.29, 1.82) is 5.26 Å². The quantitative estimate of drug-likeness (QED) is 0.362. The van der Waals surface area contributed by atoms with Gasteiger partial charge in [-0.25, -0.2) is 29.0 Å². The molecule has 0 aliphatic carbocycles. The molecule has 158 valence electrons. The molecule has 0 fully saturated rings. The summed E-state index contributed by atoms with van der Waals surface area (Å²) in [6, 6.07) is 9.24. The van der Waals surface area contributed by atoms with Crippen molar-refractivity contribution in [3.8, 4) is 11.8 Å². The molecule has 0 aliphatic rings. The minimum Gasteiger partial charge on any atom is -0.383 e. The largest absolute Gasteiger partial charge is 0.383 e. The van der Waals surface area contributed by atoms with Gasteiger partial charge in [0.2, 0.25) is 5.82 Å². The first-order chi connectivity index (χ1) is 15.5. The van der Waals surface area contributed by atoms with E-state index in [0.717, 1.165) is 0 Å². The van der Waals surface area contributed by atoms with Gasteiger partial charge < -0.3 is 11.1 Å². The second-order valence-electron chi connectivity index (χ2n) is 6.68. The maximum atomic E-state index is 14.1. The first-order valence-electron chi connectivity index (χ1n) is 9.38. The van der Waals surface area contributed by atoms with E-state index < -0.39 is 11.9 Å². The van der Waals surface area contributed by atoms with Crippen LogP contribution in [-0.4, -0.2) is 40.6 Å². The summed E-state index contributed by atoms with van der Waals surface area (Å²) in [5.41, 5.74) is 7.40. The fourth-order valence-corrected chi connectivity index (χ4v) is 2.95. The van der Waals surface area contributed by atoms with Crippen molar-refractivity contribution in [3.05, 3.63) is 77.6 Å². The van der Waals surface area contributed by atoms with Gasteiger partial charge in [-0.15, -0.1) is 5.10 Å². The van der Waals surface area contributed by atoms with E-state index in [0.29, 0.717) is 11.5 Å². The lowest BCUT2D eigenvalue weighted by Crippen LogP contribution is -2.43. The molecule has 3 aromatic heterocycles. The molecule has 1 atom stereocenters. The number of rotatable bonds is 6. The van der Waals surface area contributed by atoms with Crippen molar-refractivity contribution in [2.24, 2.45) is 0 Å². The SMILES string of the molecule is CC(Nc1ncnc(N)c1C(=[NH2+])c1nccc(C#N)n1)c1cn(-c2ccccc2F)nn1. The molecule has 1 aromatic carbocycles. The lowest BCUT2D eigenvalue weighted by Gasteiger charge is -2.14. The molecule has 3 heterocycles. The zero-order valence-electron chi connectivity index (χ0n) is 16.8. The van der Waals surface area contributed by atoms with E-state index in [1.165, 1.54) is 29.3 Å². The summed E-state index contributed by atoms with van der Waals surface area (Å²) in [5.74, 6) is 0.117. The van der Waals surface area contributed by atoms with Gasteiger partial charge in [-0.3, -0.25) is 5.41 Å². The second kappa shape index (κ2) is 8.52. The summed E-state index contributed by atoms with van der Waals surface area (Å²) in [6.07, 6.45) is 4.31. The number of nitrogens with zero attached hydrogens (tertiary/aromatic N) is 8. The number of hydrogen-bond acceptors (Lipinski definition) is 9. The summed E-state index contributed by atoms with van der Waals surface area (Å²) in [6.45, 7) is 1.82. The molecule has 1 unspecified atom stereocenters. The van der Waals surface area contributed by atoms with Gasteiger partial charge in [-0.1, -0.05) is 17.3 Å². The zero-order chi connectivity index (χ0) is 22.7. The highest BCUT2D eigenvalue weighted by molar-refractivity contribution is 6.12. The van der Waals surface area contributed by atoms with E-state index in [-0.39, 0.29) is 34.3 Å². The van der Waals surface area contributed by atoms with Crippen LogP contribution in [0.5, 0.6) is 0 Å². The van der Waals surface area contributed by atoms with Crippen molar-refractivity contribution in [2.75, 3.05) is 11.1 Å². The fourth-order valence-electron chi connectivity index (χ4n) is 2.95. The normalized spacial score (nSPS) is 11.5. The van der Waals surface area contributed by atoms with Crippen LogP contribution in [0.25, 0.3) is 5.69 Å². The number of hydrogen-bond donors (Lipinski definition) is 3. The number of para-hydroxylation sites is 1. The fraction of sp³-hybridized carbons (Fsp3) is 0.100. The lowest BCUT2D eigenvalue weighted by molar-refractivity contribution is -0.112. The van der Waals surface area contributed by atoms with Crippen LogP contribution in [0.2, 0.25) is 0 Å². The van der Waals surface area contributed by atoms with Crippen LogP contribution in [0.4, 0.5) is 16.0 Å². The molecule has 0 spiro atoms. The Kier molecular flexibility index (Phi) is 5.45. The molecular weight excluding hydrogens is 413 g/mol. The Labute approximate surface area is 181 Å². The zero-order valence-corrected chi connectivity index (χ0v) is 16.8. The number of nitrogens with two attached hydrogens (primary N) is 2. The molecule has 0 amide bonds. The first kappa shape index (κ1) is 20.5. The van der Waals surface area contributed by atoms with Crippen LogP contribution in [0.15, 0.2) is 49.1 Å². The molecule has 0 aliphatic heterocycles. The lowest BCUT2D eigenvalue weighted by atomic mass is 10.1. The number of aromatic nitrogens is 7. The van der Waals surface area contributed by atoms with Gasteiger partial charge in [0.1, 0.15) is 52.5 Å². The second-order valence-corrected chi connectivity index (χ2v) is 6.68. The Balaban J connectivity index is 1.63. The summed E-state index contributed by atoms with van der Waals surface area (Å²) in [7, 11) is 0. The molecule has 4 rings (SSSR count). The van der Waals surface area contributed by atoms with Crippen molar-refractivity contribution in [3.63, 3.8) is 0 Å². The molecule has 0 saturated heterocycles. The number of halogens is 1. The number of benzene rings is 1. The molecule has 32 heavy (non-hydrogen) atoms. The third kappa shape index (κ3) is 3.94. The number of nitrogen functional groups attached to an aromatic ring is 1. The van der Waals surface area contributed by atoms with Crippen LogP contribution in [0, 0.1) is 17.1 Å². The summed E-state index contributed by atoms with van der Waals surface area (Å²) < 4.78 is 15.4. The van der Waals surface area contributed by atoms with E-state index in [9.17, 15) is 4.39 Å². The Bertz CT molecular complexity index is 1340. The van der Waals surface area contributed by atoms with E-state index in [2.05, 4.69) is 35.6 Å². The van der Waals surface area contributed by atoms with Crippen LogP contribution in [-0.2, 0) is 0 Å². The summed E-state index contributed by atoms with van der Waals surface area (Å²) in [5, 5.41) is 26.6. The van der Waals surface area contributed by atoms with Gasteiger partial charge >= 0.3 is 0 Å². The van der Waals surface area contributed by atoms with Crippen LogP contribution < -0.4 is 16.5 Å². The highest BCUT2D eigenvalue weighted by Gasteiger charge is 2.25. The third-order valence-corrected chi connectivity index (χ3v) is 4.56. The van der Waals surface area contributed by atoms with Crippen molar-refractivity contribution < 1.29 is 9.80 Å². The van der Waals surface area contributed by atoms with Gasteiger partial charge in [0, 0.05) is 6.20 Å². The number of nitrogens with one attached hydrogen (secondary N) is 1. The maximum Gasteiger partial charge on any atom is 0.256 e. The highest BCUT2D eigenvalue weighted by atomic mass is 19.1. The van der Waals surface area contributed by atoms with Gasteiger partial charge in [0.25, 0.3) is 5.71 Å². The van der Waals surface area contributed by atoms with Gasteiger partial charge in [0.05, 0.1) is 12.2 Å². The monoisotopic (exact) mass is 430 g/mol. The molecular formula is C20H17FN11+. The van der Waals surface area contributed by atoms with E-state index >= 15 is 0 Å². The predicted molar refractivity (Wildman–Crippen MR) is 112 cm³/mol. The molecule has 12 heteroatoms. The first-order valence-corrected chi connectivity index (χ1v) is 9.38. The Morgan fingerprint density at radius 3 is 2.84 bits per heavy atom. The Morgan fingerprint density at radius 2 is 2.06 bits per heavy atom. The highest BCUT2D eigenvalue weighted by Crippen LogP contribution is 2.24. The smallest absolute Gasteiger partial charge is 0.256 e. The average molecular weight is 430 g/mol. The van der Waals surface area contributed by atoms with Crippen LogP contribution in [0.1, 0.15) is 35.7 Å². The van der Waals surface area contributed by atoms with Gasteiger partial charge in [-0.2, -0.15) is 5.26 Å². The predicted octanol–water partition coefficient (Wildman–Crippen LogP) is 0.210. The molecule has 4 aromatic rings. The van der Waals surface area contributed by atoms with Gasteiger partial charge in [0.15, 0.2) is 0 Å².